The summed E-state index contributed by atoms with van der Waals surface area (Å²) in [5.74, 6) is -0.891. The maximum Gasteiger partial charge on any atom is 0.336 e. The highest BCUT2D eigenvalue weighted by Crippen LogP contribution is 2.34. The molecule has 0 saturated carbocycles. The molecule has 0 heterocycles. The van der Waals surface area contributed by atoms with Crippen LogP contribution in [0.1, 0.15) is 24.2 Å². The molecule has 0 aliphatic heterocycles. The van der Waals surface area contributed by atoms with E-state index in [4.69, 9.17) is 0 Å². The van der Waals surface area contributed by atoms with Crippen LogP contribution >= 0.6 is 0 Å². The van der Waals surface area contributed by atoms with Crippen molar-refractivity contribution in [3.05, 3.63) is 54.1 Å². The van der Waals surface area contributed by atoms with Crippen LogP contribution in [-0.2, 0) is 0 Å². The number of hydrogen-bond donors (Lipinski definition) is 1. The summed E-state index contributed by atoms with van der Waals surface area (Å²) in [5, 5.41) is 9.46. The van der Waals surface area contributed by atoms with E-state index in [-0.39, 0.29) is 0 Å². The van der Waals surface area contributed by atoms with E-state index < -0.39 is 5.97 Å². The topological polar surface area (TPSA) is 40.5 Å². The van der Waals surface area contributed by atoms with E-state index in [1.807, 2.05) is 42.5 Å². The molecule has 0 aromatic heterocycles. The van der Waals surface area contributed by atoms with Crippen molar-refractivity contribution in [2.24, 2.45) is 0 Å². The maximum atomic E-state index is 11.5. The fraction of sp³-hybridized carbons (Fsp3) is 0.235. The van der Waals surface area contributed by atoms with E-state index >= 15 is 0 Å². The number of hydrogen-bond acceptors (Lipinski definition) is 2. The third-order valence-electron chi connectivity index (χ3n) is 3.44. The molecule has 20 heavy (non-hydrogen) atoms. The summed E-state index contributed by atoms with van der Waals surface area (Å²) in [7, 11) is 0. The minimum absolute atomic E-state index is 0.348. The summed E-state index contributed by atoms with van der Waals surface area (Å²) in [5.41, 5.74) is 3.05. The maximum absolute atomic E-state index is 11.5. The van der Waals surface area contributed by atoms with Crippen molar-refractivity contribution in [1.29, 1.82) is 0 Å². The second kappa shape index (κ2) is 6.24. The Labute approximate surface area is 119 Å². The summed E-state index contributed by atoms with van der Waals surface area (Å²) in [4.78, 5) is 13.7. The monoisotopic (exact) mass is 269 g/mol. The van der Waals surface area contributed by atoms with E-state index in [0.717, 1.165) is 29.9 Å². The molecule has 0 saturated heterocycles. The van der Waals surface area contributed by atoms with Crippen LogP contribution < -0.4 is 4.90 Å². The Balaban J connectivity index is 2.69. The molecule has 2 aromatic rings. The number of benzene rings is 2. The number of carboxylic acid groups (broad SMARTS) is 1. The van der Waals surface area contributed by atoms with Gasteiger partial charge in [-0.1, -0.05) is 36.4 Å². The average Bonchev–Trinajstić information content (AvgIpc) is 2.49. The highest BCUT2D eigenvalue weighted by molar-refractivity contribution is 6.00. The first-order valence-electron chi connectivity index (χ1n) is 6.85. The van der Waals surface area contributed by atoms with Crippen LogP contribution in [-0.4, -0.2) is 24.2 Å². The lowest BCUT2D eigenvalue weighted by Crippen LogP contribution is -2.23. The van der Waals surface area contributed by atoms with E-state index in [2.05, 4.69) is 18.7 Å². The molecule has 0 atom stereocenters. The van der Waals surface area contributed by atoms with Crippen LogP contribution in [0, 0.1) is 0 Å². The molecule has 0 radical (unpaired) electrons. The largest absolute Gasteiger partial charge is 0.478 e. The summed E-state index contributed by atoms with van der Waals surface area (Å²) < 4.78 is 0. The molecular weight excluding hydrogens is 250 g/mol. The van der Waals surface area contributed by atoms with Crippen molar-refractivity contribution in [2.75, 3.05) is 18.0 Å². The van der Waals surface area contributed by atoms with Gasteiger partial charge in [-0.3, -0.25) is 0 Å². The van der Waals surface area contributed by atoms with Crippen LogP contribution in [0.2, 0.25) is 0 Å². The Morgan fingerprint density at radius 1 is 1.00 bits per heavy atom. The van der Waals surface area contributed by atoms with E-state index in [9.17, 15) is 9.90 Å². The van der Waals surface area contributed by atoms with Gasteiger partial charge in [0.2, 0.25) is 0 Å². The molecule has 2 aromatic carbocycles. The predicted molar refractivity (Wildman–Crippen MR) is 82.4 cm³/mol. The molecule has 3 nitrogen and oxygen atoms in total. The normalized spacial score (nSPS) is 10.3. The molecule has 2 rings (SSSR count). The van der Waals surface area contributed by atoms with Gasteiger partial charge in [0, 0.05) is 24.3 Å². The number of aromatic carboxylic acids is 1. The van der Waals surface area contributed by atoms with Crippen molar-refractivity contribution in [1.82, 2.24) is 0 Å². The first kappa shape index (κ1) is 14.1. The second-order valence-corrected chi connectivity index (χ2v) is 4.54. The molecule has 104 valence electrons. The predicted octanol–water partition coefficient (Wildman–Crippen LogP) is 3.90. The third kappa shape index (κ3) is 2.67. The van der Waals surface area contributed by atoms with Crippen LogP contribution in [0.25, 0.3) is 11.1 Å². The molecule has 0 unspecified atom stereocenters. The third-order valence-corrected chi connectivity index (χ3v) is 3.44. The Kier molecular flexibility index (Phi) is 4.41. The van der Waals surface area contributed by atoms with Gasteiger partial charge in [-0.25, -0.2) is 4.79 Å². The summed E-state index contributed by atoms with van der Waals surface area (Å²) in [6, 6.07) is 15.2. The van der Waals surface area contributed by atoms with Gasteiger partial charge in [0.25, 0.3) is 0 Å². The zero-order chi connectivity index (χ0) is 14.5. The second-order valence-electron chi connectivity index (χ2n) is 4.54. The summed E-state index contributed by atoms with van der Waals surface area (Å²) in [6.45, 7) is 5.84. The molecular formula is C17H19NO2. The highest BCUT2D eigenvalue weighted by atomic mass is 16.4. The van der Waals surface area contributed by atoms with E-state index in [1.54, 1.807) is 6.07 Å². The zero-order valence-corrected chi connectivity index (χ0v) is 11.8. The van der Waals surface area contributed by atoms with Crippen LogP contribution in [0.15, 0.2) is 48.5 Å². The van der Waals surface area contributed by atoms with Gasteiger partial charge in [0.15, 0.2) is 0 Å². The van der Waals surface area contributed by atoms with Gasteiger partial charge >= 0.3 is 5.97 Å². The smallest absolute Gasteiger partial charge is 0.336 e. The number of carboxylic acids is 1. The van der Waals surface area contributed by atoms with Gasteiger partial charge in [-0.2, -0.15) is 0 Å². The summed E-state index contributed by atoms with van der Waals surface area (Å²) >= 11 is 0. The molecule has 0 aliphatic carbocycles. The highest BCUT2D eigenvalue weighted by Gasteiger charge is 2.18. The standard InChI is InChI=1S/C17H19NO2/c1-3-18(4-2)15-12-8-11-14(17(19)20)16(15)13-9-6-5-7-10-13/h5-12H,3-4H2,1-2H3,(H,19,20). The van der Waals surface area contributed by atoms with Gasteiger partial charge in [0.1, 0.15) is 0 Å². The van der Waals surface area contributed by atoms with Gasteiger partial charge in [-0.15, -0.1) is 0 Å². The molecule has 0 spiro atoms. The van der Waals surface area contributed by atoms with Gasteiger partial charge < -0.3 is 10.0 Å². The lowest BCUT2D eigenvalue weighted by atomic mass is 9.97. The molecule has 0 amide bonds. The zero-order valence-electron chi connectivity index (χ0n) is 11.8. The molecule has 0 fully saturated rings. The quantitative estimate of drug-likeness (QED) is 0.895. The van der Waals surface area contributed by atoms with E-state index in [0.29, 0.717) is 5.56 Å². The van der Waals surface area contributed by atoms with Crippen molar-refractivity contribution in [3.63, 3.8) is 0 Å². The van der Waals surface area contributed by atoms with Crippen LogP contribution in [0.5, 0.6) is 0 Å². The average molecular weight is 269 g/mol. The summed E-state index contributed by atoms with van der Waals surface area (Å²) in [6.07, 6.45) is 0. The lowest BCUT2D eigenvalue weighted by Gasteiger charge is -2.25. The molecule has 1 N–H and O–H groups in total. The van der Waals surface area contributed by atoms with Crippen LogP contribution in [0.4, 0.5) is 5.69 Å². The first-order chi connectivity index (χ1) is 9.69. The Morgan fingerprint density at radius 3 is 2.20 bits per heavy atom. The lowest BCUT2D eigenvalue weighted by molar-refractivity contribution is 0.0698. The van der Waals surface area contributed by atoms with E-state index in [1.165, 1.54) is 0 Å². The Morgan fingerprint density at radius 2 is 1.65 bits per heavy atom. The molecule has 0 bridgehead atoms. The first-order valence-corrected chi connectivity index (χ1v) is 6.85. The Bertz CT molecular complexity index is 589. The van der Waals surface area contributed by atoms with Crippen molar-refractivity contribution in [3.8, 4) is 11.1 Å². The molecule has 3 heteroatoms. The van der Waals surface area contributed by atoms with Gasteiger partial charge in [0.05, 0.1) is 5.56 Å². The minimum atomic E-state index is -0.891. The molecule has 0 aliphatic rings. The van der Waals surface area contributed by atoms with Crippen molar-refractivity contribution < 1.29 is 9.90 Å². The number of nitrogens with zero attached hydrogens (tertiary/aromatic N) is 1. The Hall–Kier alpha value is -2.29. The number of anilines is 1. The SMILES string of the molecule is CCN(CC)c1cccc(C(=O)O)c1-c1ccccc1. The number of carbonyl (C=O) groups is 1. The number of rotatable bonds is 5. The fourth-order valence-electron chi connectivity index (χ4n) is 2.45. The van der Waals surface area contributed by atoms with Crippen molar-refractivity contribution >= 4 is 11.7 Å². The van der Waals surface area contributed by atoms with Gasteiger partial charge in [-0.05, 0) is 31.5 Å². The fourth-order valence-corrected chi connectivity index (χ4v) is 2.45. The van der Waals surface area contributed by atoms with Crippen LogP contribution in [0.3, 0.4) is 0 Å². The minimum Gasteiger partial charge on any atom is -0.478 e. The van der Waals surface area contributed by atoms with Crippen molar-refractivity contribution in [2.45, 2.75) is 13.8 Å².